The summed E-state index contributed by atoms with van der Waals surface area (Å²) < 4.78 is 13.6. The third-order valence-electron chi connectivity index (χ3n) is 2.23. The Morgan fingerprint density at radius 3 is 2.81 bits per heavy atom. The summed E-state index contributed by atoms with van der Waals surface area (Å²) in [6.45, 7) is 0.613. The first-order valence-electron chi connectivity index (χ1n) is 4.79. The van der Waals surface area contributed by atoms with E-state index in [1.807, 2.05) is 6.26 Å². The van der Waals surface area contributed by atoms with E-state index in [0.29, 0.717) is 6.54 Å². The molecule has 1 N–H and O–H groups in total. The van der Waals surface area contributed by atoms with Gasteiger partial charge in [0.2, 0.25) is 0 Å². The number of hydrogen-bond donors (Lipinski definition) is 1. The summed E-state index contributed by atoms with van der Waals surface area (Å²) >= 11 is 1.63. The molecule has 0 radical (unpaired) electrons. The van der Waals surface area contributed by atoms with Gasteiger partial charge in [0.1, 0.15) is 5.82 Å². The lowest BCUT2D eigenvalue weighted by molar-refractivity contribution is 0.0697. The number of halogens is 1. The maximum atomic E-state index is 13.6. The van der Waals surface area contributed by atoms with Crippen molar-refractivity contribution in [3.8, 4) is 0 Å². The minimum atomic E-state index is -1.11. The molecule has 88 valence electrons. The van der Waals surface area contributed by atoms with E-state index in [0.717, 1.165) is 5.75 Å². The van der Waals surface area contributed by atoms with Crippen LogP contribution in [0.25, 0.3) is 0 Å². The van der Waals surface area contributed by atoms with Crippen molar-refractivity contribution in [2.75, 3.05) is 30.5 Å². The monoisotopic (exact) mass is 243 g/mol. The molecule has 0 saturated carbocycles. The highest BCUT2D eigenvalue weighted by Crippen LogP contribution is 2.23. The van der Waals surface area contributed by atoms with Crippen LogP contribution in [0.3, 0.4) is 0 Å². The Kier molecular flexibility index (Phi) is 4.61. The second-order valence-electron chi connectivity index (χ2n) is 3.36. The van der Waals surface area contributed by atoms with E-state index in [1.165, 1.54) is 18.2 Å². The number of carbonyl (C=O) groups is 1. The number of anilines is 1. The SMILES string of the molecule is CSCCN(C)c1c(F)cccc1C(=O)O. The minimum absolute atomic E-state index is 0.00334. The van der Waals surface area contributed by atoms with Gasteiger partial charge in [-0.15, -0.1) is 0 Å². The maximum Gasteiger partial charge on any atom is 0.337 e. The lowest BCUT2D eigenvalue weighted by atomic mass is 10.1. The topological polar surface area (TPSA) is 40.5 Å². The van der Waals surface area contributed by atoms with Crippen LogP contribution in [0.2, 0.25) is 0 Å². The Morgan fingerprint density at radius 2 is 2.25 bits per heavy atom. The predicted molar refractivity (Wildman–Crippen MR) is 65.0 cm³/mol. The second-order valence-corrected chi connectivity index (χ2v) is 4.34. The molecule has 0 fully saturated rings. The number of benzene rings is 1. The molecule has 5 heteroatoms. The lowest BCUT2D eigenvalue weighted by Gasteiger charge is -2.21. The van der Waals surface area contributed by atoms with Gasteiger partial charge in [-0.25, -0.2) is 9.18 Å². The summed E-state index contributed by atoms with van der Waals surface area (Å²) in [5, 5.41) is 8.97. The van der Waals surface area contributed by atoms with Crippen LogP contribution in [0.5, 0.6) is 0 Å². The summed E-state index contributed by atoms with van der Waals surface area (Å²) in [6.07, 6.45) is 1.95. The van der Waals surface area contributed by atoms with E-state index in [1.54, 1.807) is 23.7 Å². The number of aromatic carboxylic acids is 1. The Hall–Kier alpha value is -1.23. The molecule has 0 unspecified atom stereocenters. The summed E-state index contributed by atoms with van der Waals surface area (Å²) in [7, 11) is 1.70. The van der Waals surface area contributed by atoms with Crippen LogP contribution in [0.15, 0.2) is 18.2 Å². The Labute approximate surface area is 98.3 Å². The number of thioether (sulfide) groups is 1. The lowest BCUT2D eigenvalue weighted by Crippen LogP contribution is -2.23. The van der Waals surface area contributed by atoms with E-state index in [2.05, 4.69) is 0 Å². The molecule has 3 nitrogen and oxygen atoms in total. The van der Waals surface area contributed by atoms with Crippen LogP contribution in [-0.2, 0) is 0 Å². The molecule has 0 bridgehead atoms. The first kappa shape index (κ1) is 12.8. The van der Waals surface area contributed by atoms with E-state index in [-0.39, 0.29) is 11.3 Å². The Bertz CT molecular complexity index is 384. The average molecular weight is 243 g/mol. The molecule has 16 heavy (non-hydrogen) atoms. The fourth-order valence-corrected chi connectivity index (χ4v) is 1.87. The smallest absolute Gasteiger partial charge is 0.337 e. The molecule has 1 aromatic carbocycles. The van der Waals surface area contributed by atoms with Crippen molar-refractivity contribution in [1.29, 1.82) is 0 Å². The quantitative estimate of drug-likeness (QED) is 0.861. The molecule has 0 spiro atoms. The summed E-state index contributed by atoms with van der Waals surface area (Å²) in [6, 6.07) is 4.10. The van der Waals surface area contributed by atoms with Gasteiger partial charge in [-0.05, 0) is 18.4 Å². The number of carboxylic acid groups (broad SMARTS) is 1. The minimum Gasteiger partial charge on any atom is -0.478 e. The van der Waals surface area contributed by atoms with E-state index < -0.39 is 11.8 Å². The summed E-state index contributed by atoms with van der Waals surface area (Å²) in [5.74, 6) is -0.779. The van der Waals surface area contributed by atoms with E-state index in [9.17, 15) is 9.18 Å². The number of nitrogens with zero attached hydrogens (tertiary/aromatic N) is 1. The molecule has 0 saturated heterocycles. The molecule has 1 rings (SSSR count). The summed E-state index contributed by atoms with van der Waals surface area (Å²) in [5.41, 5.74) is 0.160. The van der Waals surface area contributed by atoms with Crippen molar-refractivity contribution in [2.45, 2.75) is 0 Å². The van der Waals surface area contributed by atoms with Gasteiger partial charge in [0.25, 0.3) is 0 Å². The largest absolute Gasteiger partial charge is 0.478 e. The van der Waals surface area contributed by atoms with Gasteiger partial charge >= 0.3 is 5.97 Å². The molecular formula is C11H14FNO2S. The van der Waals surface area contributed by atoms with Gasteiger partial charge in [-0.3, -0.25) is 0 Å². The zero-order valence-electron chi connectivity index (χ0n) is 9.24. The van der Waals surface area contributed by atoms with Gasteiger partial charge in [0.15, 0.2) is 0 Å². The molecular weight excluding hydrogens is 229 g/mol. The normalized spacial score (nSPS) is 10.2. The highest BCUT2D eigenvalue weighted by molar-refractivity contribution is 7.98. The van der Waals surface area contributed by atoms with Gasteiger partial charge in [0, 0.05) is 19.3 Å². The molecule has 1 aromatic rings. The molecule has 0 aliphatic heterocycles. The average Bonchev–Trinajstić information content (AvgIpc) is 2.25. The van der Waals surface area contributed by atoms with Gasteiger partial charge in [0.05, 0.1) is 11.3 Å². The molecule has 0 aliphatic rings. The van der Waals surface area contributed by atoms with Crippen molar-refractivity contribution in [2.24, 2.45) is 0 Å². The van der Waals surface area contributed by atoms with Crippen molar-refractivity contribution in [1.82, 2.24) is 0 Å². The third-order valence-corrected chi connectivity index (χ3v) is 2.82. The standard InChI is InChI=1S/C11H14FNO2S/c1-13(6-7-16-2)10-8(11(14)15)4-3-5-9(10)12/h3-5H,6-7H2,1-2H3,(H,14,15). The Morgan fingerprint density at radius 1 is 1.56 bits per heavy atom. The van der Waals surface area contributed by atoms with Crippen LogP contribution in [0.4, 0.5) is 10.1 Å². The van der Waals surface area contributed by atoms with Crippen molar-refractivity contribution < 1.29 is 14.3 Å². The number of rotatable bonds is 5. The van der Waals surface area contributed by atoms with Crippen molar-refractivity contribution in [3.05, 3.63) is 29.6 Å². The number of hydrogen-bond acceptors (Lipinski definition) is 3. The van der Waals surface area contributed by atoms with Crippen LogP contribution < -0.4 is 4.90 Å². The van der Waals surface area contributed by atoms with Gasteiger partial charge < -0.3 is 10.0 Å². The van der Waals surface area contributed by atoms with Gasteiger partial charge in [-0.2, -0.15) is 11.8 Å². The maximum absolute atomic E-state index is 13.6. The molecule has 0 aromatic heterocycles. The van der Waals surface area contributed by atoms with Crippen LogP contribution in [0.1, 0.15) is 10.4 Å². The third kappa shape index (κ3) is 2.88. The molecule has 0 heterocycles. The first-order chi connectivity index (χ1) is 7.57. The number of para-hydroxylation sites is 1. The zero-order valence-corrected chi connectivity index (χ0v) is 10.1. The van der Waals surface area contributed by atoms with Crippen LogP contribution in [0, 0.1) is 5.82 Å². The first-order valence-corrected chi connectivity index (χ1v) is 6.19. The predicted octanol–water partition coefficient (Wildman–Crippen LogP) is 2.32. The fourth-order valence-electron chi connectivity index (χ4n) is 1.42. The van der Waals surface area contributed by atoms with Crippen molar-refractivity contribution in [3.63, 3.8) is 0 Å². The van der Waals surface area contributed by atoms with E-state index >= 15 is 0 Å². The second kappa shape index (κ2) is 5.75. The van der Waals surface area contributed by atoms with Gasteiger partial charge in [-0.1, -0.05) is 6.07 Å². The van der Waals surface area contributed by atoms with E-state index in [4.69, 9.17) is 5.11 Å². The number of carboxylic acids is 1. The molecule has 0 aliphatic carbocycles. The highest BCUT2D eigenvalue weighted by Gasteiger charge is 2.17. The fraction of sp³-hybridized carbons (Fsp3) is 0.364. The summed E-state index contributed by atoms with van der Waals surface area (Å²) in [4.78, 5) is 12.6. The molecule has 0 amide bonds. The van der Waals surface area contributed by atoms with Crippen LogP contribution in [-0.4, -0.2) is 36.7 Å². The zero-order chi connectivity index (χ0) is 12.1. The molecule has 0 atom stereocenters. The van der Waals surface area contributed by atoms with Crippen LogP contribution >= 0.6 is 11.8 Å². The van der Waals surface area contributed by atoms with Crippen molar-refractivity contribution >= 4 is 23.4 Å². The highest BCUT2D eigenvalue weighted by atomic mass is 32.2. The Balaban J connectivity index is 3.04.